The molecule has 2 N–H and O–H groups in total. The Morgan fingerprint density at radius 2 is 2.00 bits per heavy atom. The minimum Gasteiger partial charge on any atom is -0.323 e. The van der Waals surface area contributed by atoms with E-state index in [1.54, 1.807) is 23.5 Å². The van der Waals surface area contributed by atoms with Crippen LogP contribution in [0.4, 0.5) is 4.39 Å². The standard InChI is InChI=1S/C12H14FNS/c1-7(2)12(14)11-5-8-3-4-9(13)6-10(8)15-11/h3-7,12H,14H2,1-2H3. The number of halogens is 1. The molecule has 0 aliphatic heterocycles. The van der Waals surface area contributed by atoms with Gasteiger partial charge in [0.25, 0.3) is 0 Å². The van der Waals surface area contributed by atoms with Gasteiger partial charge in [0.15, 0.2) is 0 Å². The minimum absolute atomic E-state index is 0.0467. The first kappa shape index (κ1) is 10.6. The van der Waals surface area contributed by atoms with Crippen molar-refractivity contribution < 1.29 is 4.39 Å². The number of thiophene rings is 1. The summed E-state index contributed by atoms with van der Waals surface area (Å²) in [5, 5.41) is 1.08. The normalized spacial score (nSPS) is 13.7. The van der Waals surface area contributed by atoms with Crippen LogP contribution >= 0.6 is 11.3 Å². The first-order valence-corrected chi connectivity index (χ1v) is 5.84. The van der Waals surface area contributed by atoms with E-state index in [1.165, 1.54) is 6.07 Å². The smallest absolute Gasteiger partial charge is 0.124 e. The van der Waals surface area contributed by atoms with Crippen LogP contribution in [0.2, 0.25) is 0 Å². The lowest BCUT2D eigenvalue weighted by molar-refractivity contribution is 0.522. The van der Waals surface area contributed by atoms with Crippen molar-refractivity contribution in [3.8, 4) is 0 Å². The van der Waals surface area contributed by atoms with E-state index >= 15 is 0 Å². The SMILES string of the molecule is CC(C)C(N)c1cc2ccc(F)cc2s1. The topological polar surface area (TPSA) is 26.0 Å². The molecule has 0 saturated carbocycles. The summed E-state index contributed by atoms with van der Waals surface area (Å²) in [5.41, 5.74) is 6.06. The highest BCUT2D eigenvalue weighted by atomic mass is 32.1. The van der Waals surface area contributed by atoms with Crippen LogP contribution in [0, 0.1) is 11.7 Å². The Labute approximate surface area is 92.7 Å². The molecule has 0 saturated heterocycles. The van der Waals surface area contributed by atoms with Crippen LogP contribution in [-0.4, -0.2) is 0 Å². The maximum atomic E-state index is 13.0. The van der Waals surface area contributed by atoms with Crippen molar-refractivity contribution in [1.29, 1.82) is 0 Å². The van der Waals surface area contributed by atoms with Crippen molar-refractivity contribution in [2.45, 2.75) is 19.9 Å². The molecule has 3 heteroatoms. The molecular formula is C12H14FNS. The van der Waals surface area contributed by atoms with Crippen LogP contribution in [0.1, 0.15) is 24.8 Å². The molecule has 1 aromatic heterocycles. The zero-order chi connectivity index (χ0) is 11.0. The molecule has 0 bridgehead atoms. The maximum Gasteiger partial charge on any atom is 0.124 e. The van der Waals surface area contributed by atoms with Gasteiger partial charge < -0.3 is 5.73 Å². The first-order valence-electron chi connectivity index (χ1n) is 5.02. The molecule has 0 fully saturated rings. The molecule has 0 amide bonds. The van der Waals surface area contributed by atoms with E-state index in [9.17, 15) is 4.39 Å². The lowest BCUT2D eigenvalue weighted by Crippen LogP contribution is -2.14. The Balaban J connectivity index is 2.47. The highest BCUT2D eigenvalue weighted by Crippen LogP contribution is 2.32. The van der Waals surface area contributed by atoms with Gasteiger partial charge in [-0.1, -0.05) is 19.9 Å². The average molecular weight is 223 g/mol. The van der Waals surface area contributed by atoms with Gasteiger partial charge in [0.05, 0.1) is 0 Å². The summed E-state index contributed by atoms with van der Waals surface area (Å²) in [6.45, 7) is 4.19. The van der Waals surface area contributed by atoms with E-state index in [-0.39, 0.29) is 11.9 Å². The van der Waals surface area contributed by atoms with Crippen molar-refractivity contribution in [3.63, 3.8) is 0 Å². The highest BCUT2D eigenvalue weighted by Gasteiger charge is 2.13. The van der Waals surface area contributed by atoms with Crippen LogP contribution in [0.3, 0.4) is 0 Å². The Bertz CT molecular complexity index is 475. The fraction of sp³-hybridized carbons (Fsp3) is 0.333. The highest BCUT2D eigenvalue weighted by molar-refractivity contribution is 7.19. The fourth-order valence-corrected chi connectivity index (χ4v) is 2.78. The Morgan fingerprint density at radius 3 is 2.67 bits per heavy atom. The summed E-state index contributed by atoms with van der Waals surface area (Å²) in [6.07, 6.45) is 0. The zero-order valence-corrected chi connectivity index (χ0v) is 9.64. The van der Waals surface area contributed by atoms with Crippen LogP contribution in [-0.2, 0) is 0 Å². The summed E-state index contributed by atoms with van der Waals surface area (Å²) in [6, 6.07) is 6.96. The van der Waals surface area contributed by atoms with Gasteiger partial charge in [-0.05, 0) is 29.5 Å². The van der Waals surface area contributed by atoms with Gasteiger partial charge in [0, 0.05) is 15.6 Å². The largest absolute Gasteiger partial charge is 0.323 e. The Kier molecular flexibility index (Phi) is 2.76. The molecule has 15 heavy (non-hydrogen) atoms. The van der Waals surface area contributed by atoms with E-state index in [2.05, 4.69) is 19.9 Å². The van der Waals surface area contributed by atoms with E-state index in [1.807, 2.05) is 0 Å². The van der Waals surface area contributed by atoms with E-state index in [4.69, 9.17) is 5.73 Å². The summed E-state index contributed by atoms with van der Waals surface area (Å²) >= 11 is 1.58. The lowest BCUT2D eigenvalue weighted by atomic mass is 10.0. The molecule has 0 radical (unpaired) electrons. The van der Waals surface area contributed by atoms with Crippen molar-refractivity contribution in [2.75, 3.05) is 0 Å². The van der Waals surface area contributed by atoms with Crippen molar-refractivity contribution in [1.82, 2.24) is 0 Å². The summed E-state index contributed by atoms with van der Waals surface area (Å²) < 4.78 is 14.0. The molecule has 1 aromatic carbocycles. The second kappa shape index (κ2) is 3.91. The van der Waals surface area contributed by atoms with Crippen molar-refractivity contribution in [2.24, 2.45) is 11.7 Å². The fourth-order valence-electron chi connectivity index (χ4n) is 1.52. The van der Waals surface area contributed by atoms with Gasteiger partial charge >= 0.3 is 0 Å². The van der Waals surface area contributed by atoms with E-state index in [0.717, 1.165) is 15.0 Å². The van der Waals surface area contributed by atoms with Gasteiger partial charge in [-0.25, -0.2) is 4.39 Å². The third-order valence-corrected chi connectivity index (χ3v) is 3.75. The second-order valence-electron chi connectivity index (χ2n) is 4.10. The molecule has 1 atom stereocenters. The van der Waals surface area contributed by atoms with E-state index in [0.29, 0.717) is 5.92 Å². The molecule has 1 unspecified atom stereocenters. The van der Waals surface area contributed by atoms with Gasteiger partial charge in [-0.3, -0.25) is 0 Å². The molecule has 2 rings (SSSR count). The molecule has 1 nitrogen and oxygen atoms in total. The summed E-state index contributed by atoms with van der Waals surface area (Å²) in [4.78, 5) is 1.13. The predicted octanol–water partition coefficient (Wildman–Crippen LogP) is 3.70. The van der Waals surface area contributed by atoms with Crippen LogP contribution < -0.4 is 5.73 Å². The average Bonchev–Trinajstić information content (AvgIpc) is 2.58. The van der Waals surface area contributed by atoms with Gasteiger partial charge in [-0.2, -0.15) is 0 Å². The number of rotatable bonds is 2. The van der Waals surface area contributed by atoms with Crippen molar-refractivity contribution >= 4 is 21.4 Å². The molecule has 0 aliphatic rings. The molecule has 80 valence electrons. The third-order valence-electron chi connectivity index (χ3n) is 2.55. The quantitative estimate of drug-likeness (QED) is 0.825. The summed E-state index contributed by atoms with van der Waals surface area (Å²) in [5.74, 6) is 0.219. The van der Waals surface area contributed by atoms with Crippen molar-refractivity contribution in [3.05, 3.63) is 35.0 Å². The van der Waals surface area contributed by atoms with Crippen LogP contribution in [0.15, 0.2) is 24.3 Å². The summed E-state index contributed by atoms with van der Waals surface area (Å²) in [7, 11) is 0. The molecule has 0 spiro atoms. The lowest BCUT2D eigenvalue weighted by Gasteiger charge is -2.12. The number of hydrogen-bond donors (Lipinski definition) is 1. The number of hydrogen-bond acceptors (Lipinski definition) is 2. The van der Waals surface area contributed by atoms with Crippen LogP contribution in [0.5, 0.6) is 0 Å². The van der Waals surface area contributed by atoms with Crippen LogP contribution in [0.25, 0.3) is 10.1 Å². The second-order valence-corrected chi connectivity index (χ2v) is 5.22. The predicted molar refractivity (Wildman–Crippen MR) is 63.5 cm³/mol. The number of fused-ring (bicyclic) bond motifs is 1. The maximum absolute atomic E-state index is 13.0. The number of benzene rings is 1. The molecule has 2 aromatic rings. The van der Waals surface area contributed by atoms with Gasteiger partial charge in [0.2, 0.25) is 0 Å². The zero-order valence-electron chi connectivity index (χ0n) is 8.83. The monoisotopic (exact) mass is 223 g/mol. The van der Waals surface area contributed by atoms with E-state index < -0.39 is 0 Å². The molecular weight excluding hydrogens is 209 g/mol. The Hall–Kier alpha value is -0.930. The third kappa shape index (κ3) is 2.03. The van der Waals surface area contributed by atoms with Gasteiger partial charge in [0.1, 0.15) is 5.82 Å². The molecule has 0 aliphatic carbocycles. The Morgan fingerprint density at radius 1 is 1.27 bits per heavy atom. The first-order chi connectivity index (χ1) is 7.08. The minimum atomic E-state index is -0.186. The number of nitrogens with two attached hydrogens (primary N) is 1. The van der Waals surface area contributed by atoms with Gasteiger partial charge in [-0.15, -0.1) is 11.3 Å². The molecule has 1 heterocycles.